The van der Waals surface area contributed by atoms with E-state index in [0.717, 1.165) is 88.0 Å². The van der Waals surface area contributed by atoms with Crippen LogP contribution >= 0.6 is 0 Å². The van der Waals surface area contributed by atoms with Crippen molar-refractivity contribution in [3.63, 3.8) is 0 Å². The molecule has 11 rings (SSSR count). The third kappa shape index (κ3) is 4.98. The van der Waals surface area contributed by atoms with Gasteiger partial charge in [0.2, 0.25) is 0 Å². The van der Waals surface area contributed by atoms with Crippen molar-refractivity contribution in [2.24, 2.45) is 0 Å². The lowest BCUT2D eigenvalue weighted by Gasteiger charge is -2.12. The maximum absolute atomic E-state index is 6.66. The van der Waals surface area contributed by atoms with Gasteiger partial charge in [0.1, 0.15) is 22.3 Å². The van der Waals surface area contributed by atoms with Crippen LogP contribution in [0, 0.1) is 0 Å². The summed E-state index contributed by atoms with van der Waals surface area (Å²) >= 11 is 0. The molecular formula is C49H29N3O2. The highest BCUT2D eigenvalue weighted by atomic mass is 16.3. The average molecular weight is 692 g/mol. The number of hydrogen-bond acceptors (Lipinski definition) is 5. The fourth-order valence-electron chi connectivity index (χ4n) is 7.70. The highest BCUT2D eigenvalue weighted by Gasteiger charge is 2.21. The normalized spacial score (nSPS) is 11.7. The fraction of sp³-hybridized carbons (Fsp3) is 0. The van der Waals surface area contributed by atoms with Gasteiger partial charge in [-0.1, -0.05) is 133 Å². The highest BCUT2D eigenvalue weighted by molar-refractivity contribution is 6.15. The summed E-state index contributed by atoms with van der Waals surface area (Å²) in [5.41, 5.74) is 10.2. The van der Waals surface area contributed by atoms with Crippen molar-refractivity contribution >= 4 is 54.6 Å². The van der Waals surface area contributed by atoms with Crippen molar-refractivity contribution in [2.45, 2.75) is 0 Å². The Kier molecular flexibility index (Phi) is 6.79. The predicted octanol–water partition coefficient (Wildman–Crippen LogP) is 13.2. The van der Waals surface area contributed by atoms with Crippen LogP contribution in [0.5, 0.6) is 0 Å². The minimum absolute atomic E-state index is 0.534. The van der Waals surface area contributed by atoms with Gasteiger partial charge in [0.15, 0.2) is 17.5 Å². The Bertz CT molecular complexity index is 3220. The molecule has 5 nitrogen and oxygen atoms in total. The van der Waals surface area contributed by atoms with E-state index < -0.39 is 0 Å². The number of para-hydroxylation sites is 2. The van der Waals surface area contributed by atoms with E-state index in [9.17, 15) is 0 Å². The molecule has 0 amide bonds. The van der Waals surface area contributed by atoms with Crippen molar-refractivity contribution in [1.29, 1.82) is 0 Å². The molecule has 0 N–H and O–H groups in total. The molecule has 54 heavy (non-hydrogen) atoms. The minimum Gasteiger partial charge on any atom is -0.456 e. The summed E-state index contributed by atoms with van der Waals surface area (Å²) in [6.07, 6.45) is 0. The van der Waals surface area contributed by atoms with Gasteiger partial charge in [-0.05, 0) is 75.5 Å². The van der Waals surface area contributed by atoms with Crippen molar-refractivity contribution in [1.82, 2.24) is 15.0 Å². The van der Waals surface area contributed by atoms with Crippen LogP contribution in [0.15, 0.2) is 185 Å². The molecule has 8 aromatic carbocycles. The molecule has 0 aliphatic carbocycles. The largest absolute Gasteiger partial charge is 0.456 e. The van der Waals surface area contributed by atoms with Crippen molar-refractivity contribution in [3.05, 3.63) is 176 Å². The SMILES string of the molecule is c1ccc(-c2ccc3ccc(-c4nc(-c5ccccc5)nc(-c5cc(-c6cccc7oc8ccccc8c67)cc6c5oc5ccccc56)n4)cc3c2)cc1. The molecule has 3 aromatic heterocycles. The summed E-state index contributed by atoms with van der Waals surface area (Å²) in [4.78, 5) is 15.5. The van der Waals surface area contributed by atoms with Gasteiger partial charge in [0.05, 0.1) is 5.56 Å². The Morgan fingerprint density at radius 1 is 0.315 bits per heavy atom. The second kappa shape index (κ2) is 12.1. The first-order valence-corrected chi connectivity index (χ1v) is 18.0. The number of aromatic nitrogens is 3. The van der Waals surface area contributed by atoms with Crippen LogP contribution in [-0.4, -0.2) is 15.0 Å². The van der Waals surface area contributed by atoms with E-state index in [2.05, 4.69) is 103 Å². The lowest BCUT2D eigenvalue weighted by atomic mass is 9.95. The Hall–Kier alpha value is -7.37. The minimum atomic E-state index is 0.534. The zero-order chi connectivity index (χ0) is 35.6. The number of hydrogen-bond donors (Lipinski definition) is 0. The van der Waals surface area contributed by atoms with E-state index >= 15 is 0 Å². The van der Waals surface area contributed by atoms with Crippen LogP contribution in [0.1, 0.15) is 0 Å². The van der Waals surface area contributed by atoms with Crippen LogP contribution in [0.4, 0.5) is 0 Å². The van der Waals surface area contributed by atoms with Gasteiger partial charge in [-0.3, -0.25) is 0 Å². The molecule has 0 saturated carbocycles. The van der Waals surface area contributed by atoms with E-state index in [1.165, 1.54) is 5.56 Å². The first-order valence-electron chi connectivity index (χ1n) is 18.0. The first-order chi connectivity index (χ1) is 26.7. The van der Waals surface area contributed by atoms with Gasteiger partial charge in [-0.15, -0.1) is 0 Å². The van der Waals surface area contributed by atoms with Crippen molar-refractivity contribution in [2.75, 3.05) is 0 Å². The summed E-state index contributed by atoms with van der Waals surface area (Å²) in [6, 6.07) is 60.5. The van der Waals surface area contributed by atoms with Crippen LogP contribution in [-0.2, 0) is 0 Å². The van der Waals surface area contributed by atoms with E-state index in [1.54, 1.807) is 0 Å². The Balaban J connectivity index is 1.17. The standard InChI is InChI=1S/C49H29N3O2/c1-3-12-30(13-4-1)33-24-22-31-23-25-34(27-35(31)26-33)48-50-47(32-14-5-2-6-15-32)51-49(52-48)41-29-36(28-40-38-16-7-9-19-42(38)54-46(40)41)37-18-11-21-44-45(37)39-17-8-10-20-43(39)53-44/h1-29H. The highest BCUT2D eigenvalue weighted by Crippen LogP contribution is 2.43. The molecule has 0 spiro atoms. The summed E-state index contributed by atoms with van der Waals surface area (Å²) in [5.74, 6) is 1.71. The molecule has 0 bridgehead atoms. The Labute approximate surface area is 309 Å². The van der Waals surface area contributed by atoms with Gasteiger partial charge in [0, 0.05) is 32.7 Å². The van der Waals surface area contributed by atoms with E-state index in [1.807, 2.05) is 72.8 Å². The van der Waals surface area contributed by atoms with Crippen molar-refractivity contribution in [3.8, 4) is 56.4 Å². The van der Waals surface area contributed by atoms with Gasteiger partial charge in [-0.2, -0.15) is 0 Å². The van der Waals surface area contributed by atoms with Gasteiger partial charge < -0.3 is 8.83 Å². The molecule has 11 aromatic rings. The lowest BCUT2D eigenvalue weighted by Crippen LogP contribution is -2.00. The van der Waals surface area contributed by atoms with E-state index in [0.29, 0.717) is 17.5 Å². The summed E-state index contributed by atoms with van der Waals surface area (Å²) in [7, 11) is 0. The third-order valence-electron chi connectivity index (χ3n) is 10.3. The van der Waals surface area contributed by atoms with E-state index in [4.69, 9.17) is 23.8 Å². The quantitative estimate of drug-likeness (QED) is 0.180. The monoisotopic (exact) mass is 691 g/mol. The molecule has 0 aliphatic rings. The van der Waals surface area contributed by atoms with E-state index in [-0.39, 0.29) is 0 Å². The second-order valence-electron chi connectivity index (χ2n) is 13.6. The molecule has 3 heterocycles. The zero-order valence-electron chi connectivity index (χ0n) is 28.9. The van der Waals surface area contributed by atoms with Crippen molar-refractivity contribution < 1.29 is 8.83 Å². The van der Waals surface area contributed by atoms with Gasteiger partial charge in [-0.25, -0.2) is 15.0 Å². The Morgan fingerprint density at radius 3 is 1.72 bits per heavy atom. The first kappa shape index (κ1) is 30.3. The average Bonchev–Trinajstić information content (AvgIpc) is 3.82. The van der Waals surface area contributed by atoms with Gasteiger partial charge in [0.25, 0.3) is 0 Å². The molecule has 0 unspecified atom stereocenters. The molecule has 0 saturated heterocycles. The Morgan fingerprint density at radius 2 is 0.926 bits per heavy atom. The fourth-order valence-corrected chi connectivity index (χ4v) is 7.70. The van der Waals surface area contributed by atoms with Crippen LogP contribution in [0.3, 0.4) is 0 Å². The number of rotatable bonds is 5. The molecule has 0 radical (unpaired) electrons. The molecule has 5 heteroatoms. The molecule has 252 valence electrons. The molecular weight excluding hydrogens is 663 g/mol. The predicted molar refractivity (Wildman–Crippen MR) is 219 cm³/mol. The summed E-state index contributed by atoms with van der Waals surface area (Å²) in [5, 5.41) is 6.42. The number of benzene rings is 8. The molecule has 0 fully saturated rings. The number of fused-ring (bicyclic) bond motifs is 7. The molecule has 0 atom stereocenters. The van der Waals surface area contributed by atoms with Crippen LogP contribution in [0.25, 0.3) is 111 Å². The summed E-state index contributed by atoms with van der Waals surface area (Å²) < 4.78 is 13.0. The summed E-state index contributed by atoms with van der Waals surface area (Å²) in [6.45, 7) is 0. The second-order valence-corrected chi connectivity index (χ2v) is 13.6. The zero-order valence-corrected chi connectivity index (χ0v) is 28.9. The number of furan rings is 2. The van der Waals surface area contributed by atoms with Gasteiger partial charge >= 0.3 is 0 Å². The lowest BCUT2D eigenvalue weighted by molar-refractivity contribution is 0.669. The maximum atomic E-state index is 6.66. The maximum Gasteiger partial charge on any atom is 0.167 e. The smallest absolute Gasteiger partial charge is 0.167 e. The third-order valence-corrected chi connectivity index (χ3v) is 10.3. The topological polar surface area (TPSA) is 65.0 Å². The van der Waals surface area contributed by atoms with Crippen LogP contribution in [0.2, 0.25) is 0 Å². The van der Waals surface area contributed by atoms with Crippen LogP contribution < -0.4 is 0 Å². The number of nitrogens with zero attached hydrogens (tertiary/aromatic N) is 3. The molecule has 0 aliphatic heterocycles.